The van der Waals surface area contributed by atoms with E-state index in [0.717, 1.165) is 0 Å². The molecule has 0 spiro atoms. The lowest BCUT2D eigenvalue weighted by Crippen LogP contribution is -2.19. The Bertz CT molecular complexity index is 593. The molecule has 0 aliphatic rings. The molecule has 0 unspecified atom stereocenters. The predicted molar refractivity (Wildman–Crippen MR) is 89.2 cm³/mol. The topological polar surface area (TPSA) is 116 Å². The number of phenolic OH excluding ortho intramolecular Hbond substituents is 1. The number of aromatic hydroxyl groups is 1. The number of nitrogens with zero attached hydrogens (tertiary/aromatic N) is 1. The van der Waals surface area contributed by atoms with Gasteiger partial charge in [-0.15, -0.1) is 0 Å². The first-order valence-corrected chi connectivity index (χ1v) is 8.17. The number of phenols is 1. The van der Waals surface area contributed by atoms with Crippen LogP contribution in [0.4, 0.5) is 5.69 Å². The highest BCUT2D eigenvalue weighted by Gasteiger charge is 2.22. The summed E-state index contributed by atoms with van der Waals surface area (Å²) in [5.74, 6) is -1.72. The molecule has 8 nitrogen and oxygen atoms in total. The third-order valence-electron chi connectivity index (χ3n) is 3.46. The zero-order valence-electron chi connectivity index (χ0n) is 14.4. The fourth-order valence-electron chi connectivity index (χ4n) is 2.15. The van der Waals surface area contributed by atoms with Crippen molar-refractivity contribution < 1.29 is 29.1 Å². The van der Waals surface area contributed by atoms with Crippen LogP contribution in [-0.2, 0) is 19.1 Å². The molecule has 1 rings (SSSR count). The zero-order chi connectivity index (χ0) is 18.8. The monoisotopic (exact) mass is 353 g/mol. The molecule has 0 saturated carbocycles. The molecule has 0 radical (unpaired) electrons. The summed E-state index contributed by atoms with van der Waals surface area (Å²) in [7, 11) is 0. The summed E-state index contributed by atoms with van der Waals surface area (Å²) >= 11 is 0. The largest absolute Gasteiger partial charge is 0.508 e. The van der Waals surface area contributed by atoms with Crippen LogP contribution in [0.2, 0.25) is 0 Å². The number of hydrogen-bond acceptors (Lipinski definition) is 7. The van der Waals surface area contributed by atoms with Gasteiger partial charge in [0.05, 0.1) is 10.8 Å². The van der Waals surface area contributed by atoms with E-state index in [4.69, 9.17) is 9.47 Å². The highest BCUT2D eigenvalue weighted by atomic mass is 16.6. The summed E-state index contributed by atoms with van der Waals surface area (Å²) in [6.45, 7) is 3.37. The van der Waals surface area contributed by atoms with E-state index in [1.54, 1.807) is 0 Å². The third-order valence-corrected chi connectivity index (χ3v) is 3.46. The van der Waals surface area contributed by atoms with Crippen LogP contribution in [0.1, 0.15) is 51.0 Å². The van der Waals surface area contributed by atoms with Crippen molar-refractivity contribution in [1.29, 1.82) is 0 Å². The summed E-state index contributed by atoms with van der Waals surface area (Å²) in [5, 5.41) is 21.0. The van der Waals surface area contributed by atoms with Crippen molar-refractivity contribution >= 4 is 17.6 Å². The Hall–Kier alpha value is -2.64. The molecule has 0 aliphatic heterocycles. The number of nitro benzene ring substituents is 1. The smallest absolute Gasteiger partial charge is 0.305 e. The molecule has 8 heteroatoms. The van der Waals surface area contributed by atoms with Crippen LogP contribution in [0.15, 0.2) is 18.2 Å². The van der Waals surface area contributed by atoms with E-state index in [2.05, 4.69) is 0 Å². The number of benzene rings is 1. The van der Waals surface area contributed by atoms with Gasteiger partial charge in [-0.2, -0.15) is 0 Å². The highest BCUT2D eigenvalue weighted by molar-refractivity contribution is 5.70. The normalized spacial score (nSPS) is 10.5. The standard InChI is InChI=1S/C17H23NO7/c1-3-5-16(20)24-10-12(11-25-17(21)6-4-2)14-9-13(18(22)23)7-8-15(14)19/h7-9,12,19H,3-6,10-11H2,1-2H3. The van der Waals surface area contributed by atoms with Crippen LogP contribution in [0.25, 0.3) is 0 Å². The fourth-order valence-corrected chi connectivity index (χ4v) is 2.15. The van der Waals surface area contributed by atoms with E-state index in [0.29, 0.717) is 12.8 Å². The molecule has 0 amide bonds. The van der Waals surface area contributed by atoms with Gasteiger partial charge < -0.3 is 14.6 Å². The molecule has 138 valence electrons. The van der Waals surface area contributed by atoms with Crippen LogP contribution >= 0.6 is 0 Å². The van der Waals surface area contributed by atoms with Crippen LogP contribution in [-0.4, -0.2) is 35.2 Å². The molecular weight excluding hydrogens is 330 g/mol. The minimum absolute atomic E-state index is 0.146. The molecule has 1 aromatic rings. The van der Waals surface area contributed by atoms with E-state index in [-0.39, 0.29) is 43.1 Å². The number of carbonyl (C=O) groups is 2. The van der Waals surface area contributed by atoms with Crippen molar-refractivity contribution in [3.05, 3.63) is 33.9 Å². The number of hydrogen-bond donors (Lipinski definition) is 1. The number of nitro groups is 1. The van der Waals surface area contributed by atoms with Crippen molar-refractivity contribution in [2.75, 3.05) is 13.2 Å². The van der Waals surface area contributed by atoms with E-state index >= 15 is 0 Å². The van der Waals surface area contributed by atoms with Gasteiger partial charge in [0, 0.05) is 30.5 Å². The lowest BCUT2D eigenvalue weighted by atomic mass is 9.99. The van der Waals surface area contributed by atoms with Crippen molar-refractivity contribution in [1.82, 2.24) is 0 Å². The summed E-state index contributed by atoms with van der Waals surface area (Å²) in [6, 6.07) is 3.56. The van der Waals surface area contributed by atoms with Gasteiger partial charge in [0.15, 0.2) is 0 Å². The third kappa shape index (κ3) is 6.78. The number of ether oxygens (including phenoxy) is 2. The minimum atomic E-state index is -0.693. The van der Waals surface area contributed by atoms with E-state index in [9.17, 15) is 24.8 Å². The number of carbonyl (C=O) groups excluding carboxylic acids is 2. The maximum Gasteiger partial charge on any atom is 0.305 e. The van der Waals surface area contributed by atoms with E-state index in [1.165, 1.54) is 18.2 Å². The second-order valence-electron chi connectivity index (χ2n) is 5.56. The molecule has 0 saturated heterocycles. The average Bonchev–Trinajstić information content (AvgIpc) is 2.56. The second-order valence-corrected chi connectivity index (χ2v) is 5.56. The van der Waals surface area contributed by atoms with Crippen molar-refractivity contribution in [2.24, 2.45) is 0 Å². The molecule has 0 fully saturated rings. The molecule has 0 aliphatic carbocycles. The first-order valence-electron chi connectivity index (χ1n) is 8.17. The zero-order valence-corrected chi connectivity index (χ0v) is 14.4. The summed E-state index contributed by atoms with van der Waals surface area (Å²) in [4.78, 5) is 33.5. The second kappa shape index (κ2) is 10.3. The van der Waals surface area contributed by atoms with Gasteiger partial charge in [0.25, 0.3) is 5.69 Å². The van der Waals surface area contributed by atoms with Gasteiger partial charge >= 0.3 is 11.9 Å². The first kappa shape index (κ1) is 20.4. The average molecular weight is 353 g/mol. The van der Waals surface area contributed by atoms with Crippen molar-refractivity contribution in [2.45, 2.75) is 45.4 Å². The Kier molecular flexibility index (Phi) is 8.38. The van der Waals surface area contributed by atoms with Gasteiger partial charge in [0.2, 0.25) is 0 Å². The van der Waals surface area contributed by atoms with E-state index in [1.807, 2.05) is 13.8 Å². The molecule has 0 bridgehead atoms. The summed E-state index contributed by atoms with van der Waals surface area (Å²) in [5.41, 5.74) is -0.0135. The van der Waals surface area contributed by atoms with Crippen LogP contribution in [0, 0.1) is 10.1 Å². The predicted octanol–water partition coefficient (Wildman–Crippen LogP) is 3.07. The molecular formula is C17H23NO7. The molecule has 25 heavy (non-hydrogen) atoms. The van der Waals surface area contributed by atoms with Gasteiger partial charge in [0.1, 0.15) is 19.0 Å². The molecule has 0 heterocycles. The highest BCUT2D eigenvalue weighted by Crippen LogP contribution is 2.30. The molecule has 0 atom stereocenters. The molecule has 1 N–H and O–H groups in total. The van der Waals surface area contributed by atoms with Crippen molar-refractivity contribution in [3.8, 4) is 5.75 Å². The molecule has 0 aromatic heterocycles. The van der Waals surface area contributed by atoms with Crippen LogP contribution < -0.4 is 0 Å². The first-order chi connectivity index (χ1) is 11.9. The van der Waals surface area contributed by atoms with Crippen molar-refractivity contribution in [3.63, 3.8) is 0 Å². The van der Waals surface area contributed by atoms with Crippen LogP contribution in [0.3, 0.4) is 0 Å². The quantitative estimate of drug-likeness (QED) is 0.390. The van der Waals surface area contributed by atoms with Gasteiger partial charge in [-0.1, -0.05) is 13.8 Å². The summed E-state index contributed by atoms with van der Waals surface area (Å²) < 4.78 is 10.3. The van der Waals surface area contributed by atoms with Crippen LogP contribution in [0.5, 0.6) is 5.75 Å². The molecule has 1 aromatic carbocycles. The lowest BCUT2D eigenvalue weighted by molar-refractivity contribution is -0.385. The number of non-ortho nitro benzene ring substituents is 1. The van der Waals surface area contributed by atoms with Gasteiger partial charge in [-0.25, -0.2) is 0 Å². The van der Waals surface area contributed by atoms with Gasteiger partial charge in [-0.05, 0) is 18.9 Å². The Labute approximate surface area is 145 Å². The SMILES string of the molecule is CCCC(=O)OCC(COC(=O)CCC)c1cc([N+](=O)[O-])ccc1O. The van der Waals surface area contributed by atoms with Gasteiger partial charge in [-0.3, -0.25) is 19.7 Å². The Morgan fingerprint density at radius 3 is 2.08 bits per heavy atom. The number of esters is 2. The van der Waals surface area contributed by atoms with E-state index < -0.39 is 22.8 Å². The number of rotatable bonds is 10. The minimum Gasteiger partial charge on any atom is -0.508 e. The lowest BCUT2D eigenvalue weighted by Gasteiger charge is -2.18. The summed E-state index contributed by atoms with van der Waals surface area (Å²) in [6.07, 6.45) is 1.72. The fraction of sp³-hybridized carbons (Fsp3) is 0.529. The maximum absolute atomic E-state index is 11.6. The Morgan fingerprint density at radius 2 is 1.64 bits per heavy atom. The Morgan fingerprint density at radius 1 is 1.12 bits per heavy atom. The Balaban J connectivity index is 2.95. The maximum atomic E-state index is 11.6.